The Hall–Kier alpha value is -3.31. The molecule has 2 aromatic heterocycles. The van der Waals surface area contributed by atoms with Crippen molar-refractivity contribution in [1.29, 1.82) is 0 Å². The fraction of sp³-hybridized carbons (Fsp3) is 0.182. The van der Waals surface area contributed by atoms with Crippen LogP contribution in [0.2, 0.25) is 0 Å². The van der Waals surface area contributed by atoms with Crippen molar-refractivity contribution in [3.8, 4) is 0 Å². The van der Waals surface area contributed by atoms with Gasteiger partial charge < -0.3 is 10.6 Å². The number of hydrogen-bond donors (Lipinski definition) is 2. The molecule has 2 N–H and O–H groups in total. The molecule has 0 fully saturated rings. The first-order valence-electron chi connectivity index (χ1n) is 9.76. The van der Waals surface area contributed by atoms with E-state index in [9.17, 15) is 22.8 Å². The van der Waals surface area contributed by atoms with E-state index >= 15 is 0 Å². The molecule has 0 bridgehead atoms. The van der Waals surface area contributed by atoms with Crippen LogP contribution in [0.15, 0.2) is 53.4 Å². The average Bonchev–Trinajstić information content (AvgIpc) is 3.42. The van der Waals surface area contributed by atoms with Crippen LogP contribution in [0, 0.1) is 5.92 Å². The molecule has 0 saturated heterocycles. The van der Waals surface area contributed by atoms with Gasteiger partial charge in [-0.3, -0.25) is 9.59 Å². The van der Waals surface area contributed by atoms with Crippen LogP contribution in [0.5, 0.6) is 0 Å². The highest BCUT2D eigenvalue weighted by Crippen LogP contribution is 2.31. The van der Waals surface area contributed by atoms with Gasteiger partial charge in [-0.2, -0.15) is 13.2 Å². The fourth-order valence-electron chi connectivity index (χ4n) is 3.13. The van der Waals surface area contributed by atoms with Crippen molar-refractivity contribution in [3.63, 3.8) is 0 Å². The Kier molecular flexibility index (Phi) is 6.43. The molecule has 4 rings (SSSR count). The molecule has 2 heterocycles. The number of halogens is 3. The highest BCUT2D eigenvalue weighted by molar-refractivity contribution is 7.22. The minimum atomic E-state index is -4.43. The van der Waals surface area contributed by atoms with Crippen molar-refractivity contribution in [1.82, 2.24) is 9.97 Å². The van der Waals surface area contributed by atoms with Crippen LogP contribution in [0.1, 0.15) is 28.5 Å². The maximum absolute atomic E-state index is 12.9. The molecule has 2 aromatic carbocycles. The van der Waals surface area contributed by atoms with Gasteiger partial charge in [0.15, 0.2) is 5.13 Å². The Morgan fingerprint density at radius 1 is 1.12 bits per heavy atom. The molecule has 4 aromatic rings. The van der Waals surface area contributed by atoms with Gasteiger partial charge in [0.05, 0.1) is 21.3 Å². The Bertz CT molecular complexity index is 1300. The van der Waals surface area contributed by atoms with Crippen molar-refractivity contribution < 1.29 is 22.8 Å². The van der Waals surface area contributed by atoms with Gasteiger partial charge in [0.1, 0.15) is 5.69 Å². The molecule has 11 heteroatoms. The molecule has 33 heavy (non-hydrogen) atoms. The maximum atomic E-state index is 12.9. The van der Waals surface area contributed by atoms with E-state index < -0.39 is 17.7 Å². The molecule has 6 nitrogen and oxygen atoms in total. The molecular formula is C22H17F3N4O2S2. The normalized spacial score (nSPS) is 12.5. The first-order valence-corrected chi connectivity index (χ1v) is 11.5. The molecule has 0 aliphatic carbocycles. The van der Waals surface area contributed by atoms with Gasteiger partial charge in [0.2, 0.25) is 5.91 Å². The number of nitrogens with one attached hydrogen (secondary N) is 2. The number of amides is 2. The van der Waals surface area contributed by atoms with E-state index in [4.69, 9.17) is 0 Å². The Morgan fingerprint density at radius 3 is 2.67 bits per heavy atom. The molecule has 0 spiro atoms. The third kappa shape index (κ3) is 5.55. The van der Waals surface area contributed by atoms with Crippen molar-refractivity contribution in [3.05, 3.63) is 70.2 Å². The van der Waals surface area contributed by atoms with E-state index in [0.29, 0.717) is 27.6 Å². The lowest BCUT2D eigenvalue weighted by Crippen LogP contribution is -2.22. The zero-order valence-electron chi connectivity index (χ0n) is 17.1. The second kappa shape index (κ2) is 9.28. The first-order chi connectivity index (χ1) is 15.7. The third-order valence-electron chi connectivity index (χ3n) is 4.79. The van der Waals surface area contributed by atoms with Crippen LogP contribution in [-0.4, -0.2) is 21.8 Å². The second-order valence-corrected chi connectivity index (χ2v) is 9.07. The number of benzene rings is 2. The van der Waals surface area contributed by atoms with Crippen molar-refractivity contribution >= 4 is 55.5 Å². The first kappa shape index (κ1) is 22.9. The van der Waals surface area contributed by atoms with Gasteiger partial charge in [0.25, 0.3) is 5.91 Å². The minimum Gasteiger partial charge on any atom is -0.321 e. The SMILES string of the molecule is CC(Cc1cccc(C(F)(F)F)c1)C(=O)Nc1nc2ccc(NC(=O)c3cscn3)cc2s1. The summed E-state index contributed by atoms with van der Waals surface area (Å²) in [5, 5.41) is 7.51. The van der Waals surface area contributed by atoms with Gasteiger partial charge in [-0.15, -0.1) is 11.3 Å². The van der Waals surface area contributed by atoms with E-state index in [1.807, 2.05) is 0 Å². The van der Waals surface area contributed by atoms with E-state index in [-0.39, 0.29) is 18.2 Å². The predicted octanol–water partition coefficient (Wildman–Crippen LogP) is 5.84. The summed E-state index contributed by atoms with van der Waals surface area (Å²) in [5.41, 5.74) is 2.80. The number of carbonyl (C=O) groups is 2. The highest BCUT2D eigenvalue weighted by Gasteiger charge is 2.30. The zero-order chi connectivity index (χ0) is 23.6. The van der Waals surface area contributed by atoms with Crippen LogP contribution in [-0.2, 0) is 17.4 Å². The van der Waals surface area contributed by atoms with Crippen LogP contribution >= 0.6 is 22.7 Å². The van der Waals surface area contributed by atoms with Crippen molar-refractivity contribution in [2.45, 2.75) is 19.5 Å². The summed E-state index contributed by atoms with van der Waals surface area (Å²) in [6, 6.07) is 10.1. The van der Waals surface area contributed by atoms with Gasteiger partial charge in [-0.25, -0.2) is 9.97 Å². The van der Waals surface area contributed by atoms with E-state index in [2.05, 4.69) is 20.6 Å². The second-order valence-electron chi connectivity index (χ2n) is 7.32. The summed E-state index contributed by atoms with van der Waals surface area (Å²) in [6.07, 6.45) is -4.27. The Balaban J connectivity index is 1.42. The van der Waals surface area contributed by atoms with Crippen molar-refractivity contribution in [2.75, 3.05) is 10.6 Å². The Morgan fingerprint density at radius 2 is 1.94 bits per heavy atom. The number of nitrogens with zero attached hydrogens (tertiary/aromatic N) is 2. The van der Waals surface area contributed by atoms with Gasteiger partial charge in [-0.05, 0) is 36.2 Å². The number of fused-ring (bicyclic) bond motifs is 1. The minimum absolute atomic E-state index is 0.160. The molecule has 170 valence electrons. The molecule has 2 amide bonds. The third-order valence-corrected chi connectivity index (χ3v) is 6.31. The van der Waals surface area contributed by atoms with Gasteiger partial charge >= 0.3 is 6.18 Å². The summed E-state index contributed by atoms with van der Waals surface area (Å²) >= 11 is 2.56. The lowest BCUT2D eigenvalue weighted by atomic mass is 9.99. The molecule has 0 aliphatic rings. The van der Waals surface area contributed by atoms with Gasteiger partial charge in [0, 0.05) is 17.0 Å². The number of anilines is 2. The lowest BCUT2D eigenvalue weighted by molar-refractivity contribution is -0.137. The molecular weight excluding hydrogens is 473 g/mol. The fourth-order valence-corrected chi connectivity index (χ4v) is 4.57. The maximum Gasteiger partial charge on any atom is 0.416 e. The molecule has 0 radical (unpaired) electrons. The average molecular weight is 491 g/mol. The molecule has 1 unspecified atom stereocenters. The number of aromatic nitrogens is 2. The number of alkyl halides is 3. The molecule has 1 atom stereocenters. The zero-order valence-corrected chi connectivity index (χ0v) is 18.8. The standard InChI is InChI=1S/C22H17F3N4O2S2/c1-12(7-13-3-2-4-14(8-13)22(23,24)25)19(30)29-21-28-16-6-5-15(9-18(16)33-21)27-20(31)17-10-32-11-26-17/h2-6,8-12H,7H2,1H3,(H,27,31)(H,28,29,30). The quantitative estimate of drug-likeness (QED) is 0.356. The summed E-state index contributed by atoms with van der Waals surface area (Å²) in [6.45, 7) is 1.65. The van der Waals surface area contributed by atoms with E-state index in [0.717, 1.165) is 16.8 Å². The van der Waals surface area contributed by atoms with Crippen LogP contribution in [0.4, 0.5) is 24.0 Å². The summed E-state index contributed by atoms with van der Waals surface area (Å²) in [4.78, 5) is 33.1. The summed E-state index contributed by atoms with van der Waals surface area (Å²) in [7, 11) is 0. The molecule has 0 aliphatic heterocycles. The van der Waals surface area contributed by atoms with Crippen LogP contribution < -0.4 is 10.6 Å². The topological polar surface area (TPSA) is 84.0 Å². The Labute approximate surface area is 194 Å². The predicted molar refractivity (Wildman–Crippen MR) is 123 cm³/mol. The van der Waals surface area contributed by atoms with Crippen LogP contribution in [0.25, 0.3) is 10.2 Å². The number of hydrogen-bond acceptors (Lipinski definition) is 6. The summed E-state index contributed by atoms with van der Waals surface area (Å²) < 4.78 is 39.5. The largest absolute Gasteiger partial charge is 0.416 e. The number of rotatable bonds is 6. The highest BCUT2D eigenvalue weighted by atomic mass is 32.1. The van der Waals surface area contributed by atoms with E-state index in [1.54, 1.807) is 42.1 Å². The van der Waals surface area contributed by atoms with E-state index in [1.165, 1.54) is 28.7 Å². The molecule has 0 saturated carbocycles. The summed E-state index contributed by atoms with van der Waals surface area (Å²) in [5.74, 6) is -1.23. The van der Waals surface area contributed by atoms with Gasteiger partial charge in [-0.1, -0.05) is 36.5 Å². The monoisotopic (exact) mass is 490 g/mol. The smallest absolute Gasteiger partial charge is 0.321 e. The van der Waals surface area contributed by atoms with Crippen molar-refractivity contribution in [2.24, 2.45) is 5.92 Å². The number of thiazole rings is 2. The number of carbonyl (C=O) groups excluding carboxylic acids is 2. The van der Waals surface area contributed by atoms with Crippen LogP contribution in [0.3, 0.4) is 0 Å². The lowest BCUT2D eigenvalue weighted by Gasteiger charge is -2.12.